The second-order valence-electron chi connectivity index (χ2n) is 7.01. The van der Waals surface area contributed by atoms with Crippen LogP contribution < -0.4 is 5.30 Å². The van der Waals surface area contributed by atoms with Crippen LogP contribution in [0.4, 0.5) is 0 Å². The normalized spacial score (nSPS) is 11.9. The Hall–Kier alpha value is -3.17. The van der Waals surface area contributed by atoms with Crippen molar-refractivity contribution in [3.05, 3.63) is 97.1 Å². The first-order chi connectivity index (χ1) is 14.0. The molecule has 0 spiro atoms. The standard InChI is InChI=1S/C24H18NO3P/c26-29(27,28)20-14-12-17(13-15-20)18-6-5-7-19(16-18)25-23-10-3-1-8-21(23)22-9-2-4-11-24(22)25/h1-16H,(H2,26,27,28). The molecule has 0 aliphatic carbocycles. The number of para-hydroxylation sites is 2. The van der Waals surface area contributed by atoms with Crippen LogP contribution in [-0.2, 0) is 4.57 Å². The van der Waals surface area contributed by atoms with E-state index in [0.29, 0.717) is 0 Å². The Morgan fingerprint density at radius 3 is 1.79 bits per heavy atom. The molecule has 5 rings (SSSR count). The van der Waals surface area contributed by atoms with Gasteiger partial charge in [-0.25, -0.2) is 0 Å². The van der Waals surface area contributed by atoms with E-state index in [2.05, 4.69) is 53.1 Å². The molecule has 5 aromatic rings. The summed E-state index contributed by atoms with van der Waals surface area (Å²) in [6, 6.07) is 31.4. The third-order valence-electron chi connectivity index (χ3n) is 5.22. The van der Waals surface area contributed by atoms with Gasteiger partial charge >= 0.3 is 7.60 Å². The Morgan fingerprint density at radius 1 is 0.621 bits per heavy atom. The predicted octanol–water partition coefficient (Wildman–Crippen LogP) is 5.25. The molecule has 4 nitrogen and oxygen atoms in total. The zero-order valence-corrected chi connectivity index (χ0v) is 16.3. The molecular weight excluding hydrogens is 381 g/mol. The maximum Gasteiger partial charge on any atom is 0.356 e. The van der Waals surface area contributed by atoms with Crippen LogP contribution in [-0.4, -0.2) is 14.4 Å². The second kappa shape index (κ2) is 6.71. The summed E-state index contributed by atoms with van der Waals surface area (Å²) in [7, 11) is -4.24. The number of aromatic nitrogens is 1. The van der Waals surface area contributed by atoms with Gasteiger partial charge in [-0.05, 0) is 47.5 Å². The van der Waals surface area contributed by atoms with Crippen LogP contribution in [0.25, 0.3) is 38.6 Å². The van der Waals surface area contributed by atoms with Gasteiger partial charge in [0, 0.05) is 16.5 Å². The van der Waals surface area contributed by atoms with Gasteiger partial charge in [-0.15, -0.1) is 0 Å². The van der Waals surface area contributed by atoms with E-state index in [1.165, 1.54) is 22.9 Å². The minimum atomic E-state index is -4.24. The second-order valence-corrected chi connectivity index (χ2v) is 8.62. The maximum absolute atomic E-state index is 11.4. The van der Waals surface area contributed by atoms with Gasteiger partial charge in [-0.3, -0.25) is 4.57 Å². The highest BCUT2D eigenvalue weighted by Gasteiger charge is 2.16. The summed E-state index contributed by atoms with van der Waals surface area (Å²) in [5.74, 6) is 0. The number of hydrogen-bond donors (Lipinski definition) is 2. The molecule has 0 unspecified atom stereocenters. The summed E-state index contributed by atoms with van der Waals surface area (Å²) in [5, 5.41) is 2.44. The van der Waals surface area contributed by atoms with Crippen molar-refractivity contribution in [3.63, 3.8) is 0 Å². The van der Waals surface area contributed by atoms with Crippen molar-refractivity contribution in [3.8, 4) is 16.8 Å². The van der Waals surface area contributed by atoms with Crippen molar-refractivity contribution in [2.24, 2.45) is 0 Å². The average molecular weight is 399 g/mol. The van der Waals surface area contributed by atoms with Crippen LogP contribution >= 0.6 is 7.60 Å². The van der Waals surface area contributed by atoms with E-state index in [1.54, 1.807) is 12.1 Å². The quantitative estimate of drug-likeness (QED) is 0.407. The molecule has 2 N–H and O–H groups in total. The van der Waals surface area contributed by atoms with Gasteiger partial charge in [-0.2, -0.15) is 0 Å². The van der Waals surface area contributed by atoms with E-state index >= 15 is 0 Å². The van der Waals surface area contributed by atoms with Crippen molar-refractivity contribution in [1.82, 2.24) is 4.57 Å². The van der Waals surface area contributed by atoms with Crippen LogP contribution in [0, 0.1) is 0 Å². The van der Waals surface area contributed by atoms with Gasteiger partial charge < -0.3 is 14.4 Å². The number of fused-ring (bicyclic) bond motifs is 3. The third-order valence-corrected chi connectivity index (χ3v) is 6.19. The molecule has 0 aliphatic rings. The highest BCUT2D eigenvalue weighted by Crippen LogP contribution is 2.35. The predicted molar refractivity (Wildman–Crippen MR) is 118 cm³/mol. The first kappa shape index (κ1) is 17.9. The molecule has 0 fully saturated rings. The lowest BCUT2D eigenvalue weighted by Crippen LogP contribution is -2.02. The van der Waals surface area contributed by atoms with Crippen LogP contribution in [0.15, 0.2) is 97.1 Å². The van der Waals surface area contributed by atoms with E-state index in [0.717, 1.165) is 27.8 Å². The van der Waals surface area contributed by atoms with E-state index in [9.17, 15) is 14.4 Å². The van der Waals surface area contributed by atoms with Gasteiger partial charge in [0.2, 0.25) is 0 Å². The van der Waals surface area contributed by atoms with Crippen molar-refractivity contribution < 1.29 is 14.4 Å². The minimum absolute atomic E-state index is 0.0276. The van der Waals surface area contributed by atoms with Crippen molar-refractivity contribution in [2.75, 3.05) is 0 Å². The summed E-state index contributed by atoms with van der Waals surface area (Å²) in [6.45, 7) is 0. The Balaban J connectivity index is 1.68. The van der Waals surface area contributed by atoms with Crippen molar-refractivity contribution >= 4 is 34.7 Å². The third kappa shape index (κ3) is 3.08. The number of rotatable bonds is 3. The SMILES string of the molecule is O=P(O)(O)c1ccc(-c2cccc(-n3c4ccccc4c4ccccc43)c2)cc1. The van der Waals surface area contributed by atoms with Crippen LogP contribution in [0.1, 0.15) is 0 Å². The lowest BCUT2D eigenvalue weighted by atomic mass is 10.1. The summed E-state index contributed by atoms with van der Waals surface area (Å²) in [6.07, 6.45) is 0. The fourth-order valence-electron chi connectivity index (χ4n) is 3.87. The Labute approximate surface area is 167 Å². The first-order valence-electron chi connectivity index (χ1n) is 9.27. The van der Waals surface area contributed by atoms with E-state index in [-0.39, 0.29) is 5.30 Å². The average Bonchev–Trinajstić information content (AvgIpc) is 3.08. The summed E-state index contributed by atoms with van der Waals surface area (Å²) < 4.78 is 13.7. The molecule has 0 bridgehead atoms. The lowest BCUT2D eigenvalue weighted by molar-refractivity contribution is 0.387. The van der Waals surface area contributed by atoms with Crippen molar-refractivity contribution in [2.45, 2.75) is 0 Å². The maximum atomic E-state index is 11.4. The molecule has 29 heavy (non-hydrogen) atoms. The van der Waals surface area contributed by atoms with Crippen LogP contribution in [0.5, 0.6) is 0 Å². The van der Waals surface area contributed by atoms with E-state index in [1.807, 2.05) is 24.3 Å². The highest BCUT2D eigenvalue weighted by atomic mass is 31.2. The highest BCUT2D eigenvalue weighted by molar-refractivity contribution is 7.60. The molecular formula is C24H18NO3P. The molecule has 0 amide bonds. The molecule has 0 saturated carbocycles. The topological polar surface area (TPSA) is 62.5 Å². The van der Waals surface area contributed by atoms with Crippen molar-refractivity contribution in [1.29, 1.82) is 0 Å². The van der Waals surface area contributed by atoms with Gasteiger partial charge in [0.15, 0.2) is 0 Å². The summed E-state index contributed by atoms with van der Waals surface area (Å²) in [5.41, 5.74) is 5.22. The van der Waals surface area contributed by atoms with Gasteiger partial charge in [0.05, 0.1) is 16.3 Å². The molecule has 142 valence electrons. The number of nitrogens with zero attached hydrogens (tertiary/aromatic N) is 1. The molecule has 5 heteroatoms. The Morgan fingerprint density at radius 2 is 1.21 bits per heavy atom. The number of hydrogen-bond acceptors (Lipinski definition) is 1. The molecule has 0 atom stereocenters. The van der Waals surface area contributed by atoms with Crippen LogP contribution in [0.2, 0.25) is 0 Å². The fraction of sp³-hybridized carbons (Fsp3) is 0. The molecule has 0 aliphatic heterocycles. The van der Waals surface area contributed by atoms with E-state index in [4.69, 9.17) is 0 Å². The minimum Gasteiger partial charge on any atom is -0.321 e. The summed E-state index contributed by atoms with van der Waals surface area (Å²) in [4.78, 5) is 18.7. The van der Waals surface area contributed by atoms with Gasteiger partial charge in [0.25, 0.3) is 0 Å². The van der Waals surface area contributed by atoms with Gasteiger partial charge in [0.1, 0.15) is 0 Å². The molecule has 0 radical (unpaired) electrons. The van der Waals surface area contributed by atoms with Gasteiger partial charge in [-0.1, -0.05) is 60.7 Å². The Kier molecular flexibility index (Phi) is 4.14. The molecule has 1 heterocycles. The fourth-order valence-corrected chi connectivity index (χ4v) is 4.41. The monoisotopic (exact) mass is 399 g/mol. The zero-order chi connectivity index (χ0) is 20.0. The Bertz CT molecular complexity index is 1340. The smallest absolute Gasteiger partial charge is 0.321 e. The molecule has 1 aromatic heterocycles. The van der Waals surface area contributed by atoms with E-state index < -0.39 is 7.60 Å². The molecule has 4 aromatic carbocycles. The number of benzene rings is 4. The molecule has 0 saturated heterocycles. The largest absolute Gasteiger partial charge is 0.356 e. The summed E-state index contributed by atoms with van der Waals surface area (Å²) >= 11 is 0. The van der Waals surface area contributed by atoms with Crippen LogP contribution in [0.3, 0.4) is 0 Å². The zero-order valence-electron chi connectivity index (χ0n) is 15.4. The first-order valence-corrected chi connectivity index (χ1v) is 10.9. The lowest BCUT2D eigenvalue weighted by Gasteiger charge is -2.11.